The molecule has 2 N–H and O–H groups in total. The van der Waals surface area contributed by atoms with E-state index in [1.165, 1.54) is 11.1 Å². The van der Waals surface area contributed by atoms with Crippen LogP contribution < -0.4 is 10.5 Å². The fraction of sp³-hybridized carbons (Fsp3) is 0.294. The van der Waals surface area contributed by atoms with E-state index in [1.807, 2.05) is 12.1 Å². The van der Waals surface area contributed by atoms with Crippen LogP contribution in [0.15, 0.2) is 48.5 Å². The number of benzene rings is 2. The third kappa shape index (κ3) is 4.11. The summed E-state index contributed by atoms with van der Waals surface area (Å²) in [6.45, 7) is 3.32. The Balaban J connectivity index is 1.83. The van der Waals surface area contributed by atoms with Crippen LogP contribution in [-0.4, -0.2) is 6.61 Å². The molecule has 2 aromatic rings. The van der Waals surface area contributed by atoms with E-state index in [4.69, 9.17) is 10.5 Å². The molecule has 100 valence electrons. The summed E-state index contributed by atoms with van der Waals surface area (Å²) in [6, 6.07) is 16.7. The van der Waals surface area contributed by atoms with Gasteiger partial charge < -0.3 is 10.5 Å². The second-order valence-electron chi connectivity index (χ2n) is 4.75. The van der Waals surface area contributed by atoms with Crippen molar-refractivity contribution in [2.24, 2.45) is 5.73 Å². The maximum absolute atomic E-state index is 5.82. The van der Waals surface area contributed by atoms with Crippen LogP contribution in [-0.2, 0) is 13.0 Å². The fourth-order valence-electron chi connectivity index (χ4n) is 2.11. The molecule has 0 aliphatic heterocycles. The highest BCUT2D eigenvalue weighted by Gasteiger charge is 2.02. The zero-order valence-corrected chi connectivity index (χ0v) is 11.4. The quantitative estimate of drug-likeness (QED) is 0.802. The van der Waals surface area contributed by atoms with Crippen molar-refractivity contribution in [3.63, 3.8) is 0 Å². The first kappa shape index (κ1) is 13.6. The van der Waals surface area contributed by atoms with E-state index in [0.717, 1.165) is 30.8 Å². The lowest BCUT2D eigenvalue weighted by Crippen LogP contribution is -2.05. The first-order chi connectivity index (χ1) is 9.29. The van der Waals surface area contributed by atoms with Gasteiger partial charge in [0.2, 0.25) is 0 Å². The highest BCUT2D eigenvalue weighted by molar-refractivity contribution is 5.36. The summed E-state index contributed by atoms with van der Waals surface area (Å²) >= 11 is 0. The zero-order valence-electron chi connectivity index (χ0n) is 11.4. The van der Waals surface area contributed by atoms with Gasteiger partial charge in [-0.1, -0.05) is 48.0 Å². The van der Waals surface area contributed by atoms with Crippen LogP contribution in [0.5, 0.6) is 5.75 Å². The number of hydrogen-bond acceptors (Lipinski definition) is 2. The normalized spacial score (nSPS) is 10.4. The minimum atomic E-state index is 0.524. The average molecular weight is 255 g/mol. The van der Waals surface area contributed by atoms with Crippen LogP contribution in [0.4, 0.5) is 0 Å². The minimum Gasteiger partial charge on any atom is -0.493 e. The van der Waals surface area contributed by atoms with E-state index in [-0.39, 0.29) is 0 Å². The van der Waals surface area contributed by atoms with E-state index < -0.39 is 0 Å². The van der Waals surface area contributed by atoms with Crippen molar-refractivity contribution in [2.75, 3.05) is 6.61 Å². The molecule has 0 saturated heterocycles. The molecule has 0 spiro atoms. The van der Waals surface area contributed by atoms with Gasteiger partial charge in [0, 0.05) is 12.1 Å². The Labute approximate surface area is 115 Å². The fourth-order valence-corrected chi connectivity index (χ4v) is 2.11. The van der Waals surface area contributed by atoms with Gasteiger partial charge in [-0.3, -0.25) is 0 Å². The van der Waals surface area contributed by atoms with E-state index >= 15 is 0 Å². The van der Waals surface area contributed by atoms with E-state index in [2.05, 4.69) is 43.3 Å². The minimum absolute atomic E-state index is 0.524. The molecule has 0 radical (unpaired) electrons. The van der Waals surface area contributed by atoms with Gasteiger partial charge in [-0.25, -0.2) is 0 Å². The Morgan fingerprint density at radius 3 is 2.58 bits per heavy atom. The molecule has 2 aromatic carbocycles. The smallest absolute Gasteiger partial charge is 0.123 e. The Hall–Kier alpha value is -1.80. The molecule has 19 heavy (non-hydrogen) atoms. The summed E-state index contributed by atoms with van der Waals surface area (Å²) in [7, 11) is 0. The Bertz CT molecular complexity index is 508. The molecule has 0 unspecified atom stereocenters. The molecule has 0 saturated carbocycles. The summed E-state index contributed by atoms with van der Waals surface area (Å²) in [5, 5.41) is 0. The number of hydrogen-bond donors (Lipinski definition) is 1. The maximum atomic E-state index is 5.82. The van der Waals surface area contributed by atoms with Crippen molar-refractivity contribution in [2.45, 2.75) is 26.3 Å². The lowest BCUT2D eigenvalue weighted by atomic mass is 10.1. The SMILES string of the molecule is Cc1ccc(OCCCc2ccccc2)c(CN)c1. The summed E-state index contributed by atoms with van der Waals surface area (Å²) in [5.74, 6) is 0.918. The number of ether oxygens (including phenoxy) is 1. The van der Waals surface area contributed by atoms with Gasteiger partial charge in [-0.05, 0) is 31.4 Å². The van der Waals surface area contributed by atoms with Crippen LogP contribution in [0.3, 0.4) is 0 Å². The molecular formula is C17H21NO. The lowest BCUT2D eigenvalue weighted by molar-refractivity contribution is 0.308. The van der Waals surface area contributed by atoms with Gasteiger partial charge in [0.1, 0.15) is 5.75 Å². The zero-order chi connectivity index (χ0) is 13.5. The standard InChI is InChI=1S/C17H21NO/c1-14-9-10-17(16(12-14)13-18)19-11-5-8-15-6-3-2-4-7-15/h2-4,6-7,9-10,12H,5,8,11,13,18H2,1H3. The van der Waals surface area contributed by atoms with Crippen molar-refractivity contribution < 1.29 is 4.74 Å². The molecule has 2 rings (SSSR count). The molecular weight excluding hydrogens is 234 g/mol. The molecule has 0 amide bonds. The first-order valence-corrected chi connectivity index (χ1v) is 6.76. The van der Waals surface area contributed by atoms with Crippen LogP contribution in [0, 0.1) is 6.92 Å². The number of aryl methyl sites for hydroxylation is 2. The van der Waals surface area contributed by atoms with Gasteiger partial charge in [0.25, 0.3) is 0 Å². The van der Waals surface area contributed by atoms with Gasteiger partial charge in [0.05, 0.1) is 6.61 Å². The summed E-state index contributed by atoms with van der Waals surface area (Å²) in [5.41, 5.74) is 9.39. The van der Waals surface area contributed by atoms with Crippen molar-refractivity contribution in [3.8, 4) is 5.75 Å². The third-order valence-electron chi connectivity index (χ3n) is 3.15. The lowest BCUT2D eigenvalue weighted by Gasteiger charge is -2.11. The second-order valence-corrected chi connectivity index (χ2v) is 4.75. The van der Waals surface area contributed by atoms with Crippen LogP contribution in [0.25, 0.3) is 0 Å². The van der Waals surface area contributed by atoms with Crippen molar-refractivity contribution >= 4 is 0 Å². The van der Waals surface area contributed by atoms with Gasteiger partial charge in [-0.15, -0.1) is 0 Å². The van der Waals surface area contributed by atoms with Crippen molar-refractivity contribution in [1.29, 1.82) is 0 Å². The molecule has 0 heterocycles. The molecule has 0 fully saturated rings. The average Bonchev–Trinajstić information content (AvgIpc) is 2.46. The van der Waals surface area contributed by atoms with E-state index in [9.17, 15) is 0 Å². The van der Waals surface area contributed by atoms with E-state index in [0.29, 0.717) is 6.54 Å². The van der Waals surface area contributed by atoms with E-state index in [1.54, 1.807) is 0 Å². The van der Waals surface area contributed by atoms with Crippen LogP contribution in [0.2, 0.25) is 0 Å². The summed E-state index contributed by atoms with van der Waals surface area (Å²) < 4.78 is 5.82. The highest BCUT2D eigenvalue weighted by atomic mass is 16.5. The van der Waals surface area contributed by atoms with Gasteiger partial charge in [0.15, 0.2) is 0 Å². The summed E-state index contributed by atoms with van der Waals surface area (Å²) in [6.07, 6.45) is 2.06. The second kappa shape index (κ2) is 6.95. The molecule has 2 heteroatoms. The topological polar surface area (TPSA) is 35.2 Å². The Kier molecular flexibility index (Phi) is 4.99. The summed E-state index contributed by atoms with van der Waals surface area (Å²) in [4.78, 5) is 0. The van der Waals surface area contributed by atoms with Crippen molar-refractivity contribution in [1.82, 2.24) is 0 Å². The highest BCUT2D eigenvalue weighted by Crippen LogP contribution is 2.19. The molecule has 0 aliphatic rings. The predicted molar refractivity (Wildman–Crippen MR) is 79.3 cm³/mol. The number of rotatable bonds is 6. The monoisotopic (exact) mass is 255 g/mol. The molecule has 0 aliphatic carbocycles. The molecule has 0 atom stereocenters. The predicted octanol–water partition coefficient (Wildman–Crippen LogP) is 3.47. The Morgan fingerprint density at radius 2 is 1.84 bits per heavy atom. The van der Waals surface area contributed by atoms with Crippen molar-refractivity contribution in [3.05, 3.63) is 65.2 Å². The third-order valence-corrected chi connectivity index (χ3v) is 3.15. The van der Waals surface area contributed by atoms with Gasteiger partial charge in [-0.2, -0.15) is 0 Å². The largest absolute Gasteiger partial charge is 0.493 e. The molecule has 0 bridgehead atoms. The van der Waals surface area contributed by atoms with Crippen LogP contribution in [0.1, 0.15) is 23.1 Å². The Morgan fingerprint density at radius 1 is 1.05 bits per heavy atom. The molecule has 0 aromatic heterocycles. The molecule has 2 nitrogen and oxygen atoms in total. The maximum Gasteiger partial charge on any atom is 0.123 e. The van der Waals surface area contributed by atoms with Crippen LogP contribution >= 0.6 is 0 Å². The first-order valence-electron chi connectivity index (χ1n) is 6.76. The number of nitrogens with two attached hydrogens (primary N) is 1. The van der Waals surface area contributed by atoms with Gasteiger partial charge >= 0.3 is 0 Å².